The number of anilines is 1. The Hall–Kier alpha value is -1.96. The second-order valence-corrected chi connectivity index (χ2v) is 6.30. The predicted molar refractivity (Wildman–Crippen MR) is 79.8 cm³/mol. The molecule has 0 fully saturated rings. The first kappa shape index (κ1) is 15.4. The van der Waals surface area contributed by atoms with Crippen molar-refractivity contribution in [2.45, 2.75) is 11.8 Å². The van der Waals surface area contributed by atoms with Crippen molar-refractivity contribution in [3.63, 3.8) is 0 Å². The predicted octanol–water partition coefficient (Wildman–Crippen LogP) is 1.94. The monoisotopic (exact) mass is 325 g/mol. The van der Waals surface area contributed by atoms with Crippen molar-refractivity contribution in [3.8, 4) is 0 Å². The van der Waals surface area contributed by atoms with Crippen molar-refractivity contribution in [1.29, 1.82) is 0 Å². The summed E-state index contributed by atoms with van der Waals surface area (Å²) in [5.74, 6) is -0.461. The molecule has 0 aliphatic carbocycles. The van der Waals surface area contributed by atoms with Crippen molar-refractivity contribution in [2.24, 2.45) is 5.14 Å². The fraction of sp³-hybridized carbons (Fsp3) is 0.0769. The number of carbonyl (C=O) groups excluding carboxylic acids is 1. The minimum atomic E-state index is -3.84. The molecular weight excluding hydrogens is 314 g/mol. The third-order valence-corrected chi connectivity index (χ3v) is 4.02. The van der Waals surface area contributed by atoms with E-state index in [9.17, 15) is 13.2 Å². The molecule has 3 N–H and O–H groups in total. The van der Waals surface area contributed by atoms with E-state index in [0.717, 1.165) is 0 Å². The second-order valence-electron chi connectivity index (χ2n) is 4.33. The Balaban J connectivity index is 2.36. The van der Waals surface area contributed by atoms with Crippen molar-refractivity contribution < 1.29 is 13.2 Å². The van der Waals surface area contributed by atoms with Gasteiger partial charge in [-0.25, -0.2) is 13.6 Å². The maximum absolute atomic E-state index is 12.1. The van der Waals surface area contributed by atoms with Crippen LogP contribution in [-0.4, -0.2) is 19.3 Å². The SMILES string of the molecule is Cc1ccc(S(N)(=O)=O)cc1NC(=O)c1ccncc1Cl. The van der Waals surface area contributed by atoms with Gasteiger partial charge in [0.1, 0.15) is 0 Å². The number of sulfonamides is 1. The molecular formula is C13H12ClN3O3S. The smallest absolute Gasteiger partial charge is 0.257 e. The number of nitrogens with one attached hydrogen (secondary N) is 1. The summed E-state index contributed by atoms with van der Waals surface area (Å²) < 4.78 is 22.7. The van der Waals surface area contributed by atoms with Crippen LogP contribution in [-0.2, 0) is 10.0 Å². The third-order valence-electron chi connectivity index (χ3n) is 2.80. The molecule has 0 atom stereocenters. The van der Waals surface area contributed by atoms with Crippen LogP contribution in [0.4, 0.5) is 5.69 Å². The molecule has 0 bridgehead atoms. The van der Waals surface area contributed by atoms with Crippen LogP contribution in [0, 0.1) is 6.92 Å². The van der Waals surface area contributed by atoms with Gasteiger partial charge >= 0.3 is 0 Å². The number of halogens is 1. The number of benzene rings is 1. The van der Waals surface area contributed by atoms with Crippen LogP contribution < -0.4 is 10.5 Å². The number of aryl methyl sites for hydroxylation is 1. The van der Waals surface area contributed by atoms with Gasteiger partial charge < -0.3 is 5.32 Å². The maximum Gasteiger partial charge on any atom is 0.257 e. The topological polar surface area (TPSA) is 102 Å². The molecule has 2 aromatic rings. The zero-order valence-corrected chi connectivity index (χ0v) is 12.6. The molecule has 0 saturated carbocycles. The van der Waals surface area contributed by atoms with Gasteiger partial charge in [0.2, 0.25) is 10.0 Å². The van der Waals surface area contributed by atoms with Crippen LogP contribution in [0.25, 0.3) is 0 Å². The lowest BCUT2D eigenvalue weighted by molar-refractivity contribution is 0.102. The Kier molecular flexibility index (Phi) is 4.26. The molecule has 0 radical (unpaired) electrons. The number of amides is 1. The average Bonchev–Trinajstić information content (AvgIpc) is 2.40. The molecule has 110 valence electrons. The quantitative estimate of drug-likeness (QED) is 0.900. The maximum atomic E-state index is 12.1. The number of nitrogens with zero attached hydrogens (tertiary/aromatic N) is 1. The third kappa shape index (κ3) is 3.57. The number of hydrogen-bond donors (Lipinski definition) is 2. The summed E-state index contributed by atoms with van der Waals surface area (Å²) in [7, 11) is -3.84. The number of nitrogens with two attached hydrogens (primary N) is 1. The van der Waals surface area contributed by atoms with Crippen molar-refractivity contribution in [2.75, 3.05) is 5.32 Å². The summed E-state index contributed by atoms with van der Waals surface area (Å²) in [5, 5.41) is 7.88. The molecule has 0 aliphatic heterocycles. The molecule has 2 rings (SSSR count). The molecule has 0 unspecified atom stereocenters. The van der Waals surface area contributed by atoms with Crippen molar-refractivity contribution in [1.82, 2.24) is 4.98 Å². The molecule has 6 nitrogen and oxygen atoms in total. The van der Waals surface area contributed by atoms with Crippen LogP contribution in [0.15, 0.2) is 41.6 Å². The van der Waals surface area contributed by atoms with Gasteiger partial charge in [0.25, 0.3) is 5.91 Å². The lowest BCUT2D eigenvalue weighted by atomic mass is 10.2. The van der Waals surface area contributed by atoms with E-state index in [1.54, 1.807) is 13.0 Å². The van der Waals surface area contributed by atoms with E-state index in [4.69, 9.17) is 16.7 Å². The lowest BCUT2D eigenvalue weighted by Crippen LogP contribution is -2.16. The zero-order chi connectivity index (χ0) is 15.6. The molecule has 0 saturated heterocycles. The second kappa shape index (κ2) is 5.80. The van der Waals surface area contributed by atoms with E-state index in [2.05, 4.69) is 10.3 Å². The van der Waals surface area contributed by atoms with Gasteiger partial charge in [-0.1, -0.05) is 17.7 Å². The highest BCUT2D eigenvalue weighted by atomic mass is 35.5. The van der Waals surface area contributed by atoms with Gasteiger partial charge in [0.05, 0.1) is 15.5 Å². The molecule has 0 spiro atoms. The lowest BCUT2D eigenvalue weighted by Gasteiger charge is -2.10. The van der Waals surface area contributed by atoms with Gasteiger partial charge in [0, 0.05) is 18.1 Å². The Morgan fingerprint density at radius 2 is 2.05 bits per heavy atom. The first-order chi connectivity index (χ1) is 9.79. The number of primary sulfonamides is 1. The highest BCUT2D eigenvalue weighted by Gasteiger charge is 2.14. The van der Waals surface area contributed by atoms with E-state index in [1.165, 1.54) is 30.6 Å². The van der Waals surface area contributed by atoms with Crippen molar-refractivity contribution in [3.05, 3.63) is 52.8 Å². The largest absolute Gasteiger partial charge is 0.322 e. The molecule has 8 heteroatoms. The molecule has 1 heterocycles. The number of hydrogen-bond acceptors (Lipinski definition) is 4. The molecule has 0 aliphatic rings. The Morgan fingerprint density at radius 1 is 1.33 bits per heavy atom. The highest BCUT2D eigenvalue weighted by molar-refractivity contribution is 7.89. The van der Waals surface area contributed by atoms with Gasteiger partial charge in [-0.05, 0) is 30.7 Å². The van der Waals surface area contributed by atoms with Gasteiger partial charge in [0.15, 0.2) is 0 Å². The minimum Gasteiger partial charge on any atom is -0.322 e. The number of rotatable bonds is 3. The van der Waals surface area contributed by atoms with Crippen LogP contribution in [0.3, 0.4) is 0 Å². The van der Waals surface area contributed by atoms with Crippen molar-refractivity contribution >= 4 is 33.2 Å². The Labute approximate surface area is 127 Å². The van der Waals surface area contributed by atoms with Crippen LogP contribution in [0.1, 0.15) is 15.9 Å². The standard InChI is InChI=1S/C13H12ClN3O3S/c1-8-2-3-9(21(15,19)20)6-12(8)17-13(18)10-4-5-16-7-11(10)14/h2-7H,1H3,(H,17,18)(H2,15,19,20). The summed E-state index contributed by atoms with van der Waals surface area (Å²) in [6.45, 7) is 1.73. The van der Waals surface area contributed by atoms with E-state index < -0.39 is 15.9 Å². The van der Waals surface area contributed by atoms with E-state index in [-0.39, 0.29) is 15.5 Å². The fourth-order valence-electron chi connectivity index (χ4n) is 1.66. The van der Waals surface area contributed by atoms with E-state index >= 15 is 0 Å². The normalized spacial score (nSPS) is 11.2. The summed E-state index contributed by atoms with van der Waals surface area (Å²) in [4.78, 5) is 15.9. The Bertz CT molecular complexity index is 806. The fourth-order valence-corrected chi connectivity index (χ4v) is 2.41. The van der Waals surface area contributed by atoms with E-state index in [1.807, 2.05) is 0 Å². The Morgan fingerprint density at radius 3 is 2.67 bits per heavy atom. The van der Waals surface area contributed by atoms with Gasteiger partial charge in [-0.2, -0.15) is 0 Å². The number of aromatic nitrogens is 1. The molecule has 1 aromatic carbocycles. The summed E-state index contributed by atoms with van der Waals surface area (Å²) in [5.41, 5.74) is 1.28. The van der Waals surface area contributed by atoms with Gasteiger partial charge in [-0.3, -0.25) is 9.78 Å². The zero-order valence-electron chi connectivity index (χ0n) is 11.0. The highest BCUT2D eigenvalue weighted by Crippen LogP contribution is 2.21. The van der Waals surface area contributed by atoms with Gasteiger partial charge in [-0.15, -0.1) is 0 Å². The van der Waals surface area contributed by atoms with Crippen LogP contribution in [0.2, 0.25) is 5.02 Å². The number of carbonyl (C=O) groups is 1. The first-order valence-corrected chi connectivity index (χ1v) is 7.76. The van der Waals surface area contributed by atoms with Crippen LogP contribution >= 0.6 is 11.6 Å². The summed E-state index contributed by atoms with van der Waals surface area (Å²) >= 11 is 5.89. The molecule has 1 aromatic heterocycles. The summed E-state index contributed by atoms with van der Waals surface area (Å²) in [6.07, 6.45) is 2.79. The number of pyridine rings is 1. The molecule has 21 heavy (non-hydrogen) atoms. The van der Waals surface area contributed by atoms with Crippen LogP contribution in [0.5, 0.6) is 0 Å². The molecule has 1 amide bonds. The minimum absolute atomic E-state index is 0.0794. The van der Waals surface area contributed by atoms with E-state index in [0.29, 0.717) is 11.3 Å². The first-order valence-electron chi connectivity index (χ1n) is 5.83. The average molecular weight is 326 g/mol. The summed E-state index contributed by atoms with van der Waals surface area (Å²) in [6, 6.07) is 5.71.